The molecule has 2 aromatic rings. The van der Waals surface area contributed by atoms with Gasteiger partial charge in [0.1, 0.15) is 0 Å². The third kappa shape index (κ3) is 9.60. The number of anilines is 1. The SMILES string of the molecule is C=CS(=O)(=O)NC(=O)CCCNC(=O)c1ccc(NC2N=C(NC3(c4ccc(Cl)cc4)CC3)NC(OCC(F)(F)F)=N2)cc1. The summed E-state index contributed by atoms with van der Waals surface area (Å²) >= 11 is 6.00. The second-order valence-electron chi connectivity index (χ2n) is 9.85. The monoisotopic (exact) mass is 655 g/mol. The van der Waals surface area contributed by atoms with E-state index in [0.717, 1.165) is 18.4 Å². The molecule has 1 aliphatic carbocycles. The first-order valence-electron chi connectivity index (χ1n) is 13.3. The molecule has 2 amide bonds. The van der Waals surface area contributed by atoms with Crippen LogP contribution in [0.15, 0.2) is 70.5 Å². The Labute approximate surface area is 256 Å². The molecule has 1 atom stereocenters. The summed E-state index contributed by atoms with van der Waals surface area (Å²) in [5.74, 6) is -0.992. The van der Waals surface area contributed by atoms with Crippen molar-refractivity contribution in [1.82, 2.24) is 20.7 Å². The minimum absolute atomic E-state index is 0.118. The van der Waals surface area contributed by atoms with Gasteiger partial charge in [0, 0.05) is 34.6 Å². The van der Waals surface area contributed by atoms with Crippen molar-refractivity contribution < 1.29 is 35.9 Å². The van der Waals surface area contributed by atoms with Crippen LogP contribution in [0.4, 0.5) is 18.9 Å². The normalized spacial score (nSPS) is 17.2. The highest BCUT2D eigenvalue weighted by molar-refractivity contribution is 7.92. The van der Waals surface area contributed by atoms with Crippen molar-refractivity contribution in [3.63, 3.8) is 0 Å². The molecule has 1 fully saturated rings. The Morgan fingerprint density at radius 2 is 1.80 bits per heavy atom. The van der Waals surface area contributed by atoms with Gasteiger partial charge in [-0.1, -0.05) is 30.3 Å². The first kappa shape index (κ1) is 32.6. The molecule has 0 aromatic heterocycles. The second kappa shape index (κ2) is 13.5. The van der Waals surface area contributed by atoms with Gasteiger partial charge < -0.3 is 20.7 Å². The van der Waals surface area contributed by atoms with E-state index in [1.54, 1.807) is 24.3 Å². The zero-order valence-electron chi connectivity index (χ0n) is 23.1. The fourth-order valence-electron chi connectivity index (χ4n) is 4.06. The molecule has 1 unspecified atom stereocenters. The molecule has 236 valence electrons. The maximum Gasteiger partial charge on any atom is 0.422 e. The van der Waals surface area contributed by atoms with Gasteiger partial charge in [-0.15, -0.1) is 0 Å². The lowest BCUT2D eigenvalue weighted by atomic mass is 10.1. The Bertz CT molecular complexity index is 1540. The number of rotatable bonds is 12. The number of nitrogens with one attached hydrogen (secondary N) is 5. The summed E-state index contributed by atoms with van der Waals surface area (Å²) in [6.07, 6.45) is -4.04. The summed E-state index contributed by atoms with van der Waals surface area (Å²) in [6, 6.07) is 13.0. The van der Waals surface area contributed by atoms with Gasteiger partial charge in [0.15, 0.2) is 6.61 Å². The standard InChI is InChI=1S/C27H29ClF3N7O5S/c1-2-44(41,42)38-21(39)4-3-15-32-22(40)17-5-11-20(12-6-17)33-23-34-24(36-25(35-23)43-16-27(29,30)31)37-26(13-14-26)18-7-9-19(28)10-8-18/h2,5-12,23,33H,1,3-4,13-16H2,(H,32,40)(H,38,39)(H2,34,35,36,37). The quantitative estimate of drug-likeness (QED) is 0.218. The van der Waals surface area contributed by atoms with E-state index >= 15 is 0 Å². The van der Waals surface area contributed by atoms with Crippen LogP contribution in [0.3, 0.4) is 0 Å². The van der Waals surface area contributed by atoms with Crippen molar-refractivity contribution in [2.45, 2.75) is 43.7 Å². The average Bonchev–Trinajstić information content (AvgIpc) is 3.74. The number of amidine groups is 1. The van der Waals surface area contributed by atoms with Crippen LogP contribution in [-0.4, -0.2) is 57.8 Å². The third-order valence-electron chi connectivity index (χ3n) is 6.38. The second-order valence-corrected chi connectivity index (χ2v) is 11.9. The summed E-state index contributed by atoms with van der Waals surface area (Å²) in [7, 11) is -3.87. The van der Waals surface area contributed by atoms with Gasteiger partial charge in [0.25, 0.3) is 22.0 Å². The maximum atomic E-state index is 12.8. The number of halogens is 4. The van der Waals surface area contributed by atoms with Gasteiger partial charge >= 0.3 is 6.18 Å². The molecule has 1 heterocycles. The van der Waals surface area contributed by atoms with Crippen LogP contribution in [0.2, 0.25) is 5.02 Å². The molecule has 0 saturated heterocycles. The van der Waals surface area contributed by atoms with E-state index in [1.807, 2.05) is 16.9 Å². The van der Waals surface area contributed by atoms with Crippen LogP contribution in [0, 0.1) is 0 Å². The van der Waals surface area contributed by atoms with Gasteiger partial charge in [-0.05, 0) is 61.2 Å². The molecular formula is C27H29ClF3N7O5S. The maximum absolute atomic E-state index is 12.8. The molecule has 44 heavy (non-hydrogen) atoms. The van der Waals surface area contributed by atoms with Crippen LogP contribution in [-0.2, 0) is 25.1 Å². The minimum atomic E-state index is -4.58. The van der Waals surface area contributed by atoms with Gasteiger partial charge in [-0.2, -0.15) is 18.2 Å². The van der Waals surface area contributed by atoms with Crippen LogP contribution < -0.4 is 26.0 Å². The van der Waals surface area contributed by atoms with Crippen molar-refractivity contribution in [3.05, 3.63) is 76.7 Å². The first-order valence-corrected chi connectivity index (χ1v) is 15.2. The number of hydrogen-bond donors (Lipinski definition) is 5. The Morgan fingerprint density at radius 1 is 1.11 bits per heavy atom. The number of carbonyl (C=O) groups excluding carboxylic acids is 2. The predicted octanol–water partition coefficient (Wildman–Crippen LogP) is 3.31. The van der Waals surface area contributed by atoms with Crippen LogP contribution in [0.25, 0.3) is 0 Å². The van der Waals surface area contributed by atoms with Crippen molar-refractivity contribution in [2.75, 3.05) is 18.5 Å². The first-order chi connectivity index (χ1) is 20.8. The van der Waals surface area contributed by atoms with E-state index < -0.39 is 46.4 Å². The number of guanidine groups is 1. The number of sulfonamides is 1. The summed E-state index contributed by atoms with van der Waals surface area (Å²) in [5, 5.41) is 12.7. The van der Waals surface area contributed by atoms with Crippen molar-refractivity contribution in [2.24, 2.45) is 9.98 Å². The smallest absolute Gasteiger partial charge is 0.422 e. The molecule has 0 spiro atoms. The Kier molecular flexibility index (Phi) is 10.0. The largest absolute Gasteiger partial charge is 0.455 e. The lowest BCUT2D eigenvalue weighted by Crippen LogP contribution is -2.50. The zero-order valence-corrected chi connectivity index (χ0v) is 24.7. The van der Waals surface area contributed by atoms with Crippen molar-refractivity contribution >= 4 is 51.1 Å². The zero-order chi connectivity index (χ0) is 32.0. The van der Waals surface area contributed by atoms with E-state index in [9.17, 15) is 31.2 Å². The fraction of sp³-hybridized carbons (Fsp3) is 0.333. The van der Waals surface area contributed by atoms with Crippen LogP contribution in [0.5, 0.6) is 0 Å². The lowest BCUT2D eigenvalue weighted by Gasteiger charge is -2.26. The van der Waals surface area contributed by atoms with Gasteiger partial charge in [0.05, 0.1) is 5.54 Å². The molecule has 4 rings (SSSR count). The number of ether oxygens (including phenoxy) is 1. The highest BCUT2D eigenvalue weighted by Gasteiger charge is 2.45. The van der Waals surface area contributed by atoms with Crippen molar-refractivity contribution in [1.29, 1.82) is 0 Å². The number of benzene rings is 2. The lowest BCUT2D eigenvalue weighted by molar-refractivity contribution is -0.156. The average molecular weight is 656 g/mol. The number of carbonyl (C=O) groups is 2. The number of nitrogens with zero attached hydrogens (tertiary/aromatic N) is 2. The van der Waals surface area contributed by atoms with Gasteiger partial charge in [-0.3, -0.25) is 14.9 Å². The fourth-order valence-corrected chi connectivity index (χ4v) is 4.69. The molecule has 2 aromatic carbocycles. The Morgan fingerprint density at radius 3 is 2.41 bits per heavy atom. The van der Waals surface area contributed by atoms with E-state index in [0.29, 0.717) is 21.7 Å². The predicted molar refractivity (Wildman–Crippen MR) is 158 cm³/mol. The molecule has 1 aliphatic heterocycles. The van der Waals surface area contributed by atoms with E-state index in [-0.39, 0.29) is 31.4 Å². The molecule has 12 nitrogen and oxygen atoms in total. The van der Waals surface area contributed by atoms with Gasteiger partial charge in [-0.25, -0.2) is 18.1 Å². The summed E-state index contributed by atoms with van der Waals surface area (Å²) in [6.45, 7) is 1.66. The van der Waals surface area contributed by atoms with E-state index in [4.69, 9.17) is 16.3 Å². The molecule has 1 saturated carbocycles. The number of amides is 2. The number of aliphatic imine (C=N–C) groups is 2. The molecular weight excluding hydrogens is 627 g/mol. The summed E-state index contributed by atoms with van der Waals surface area (Å²) in [5.41, 5.74) is 1.22. The molecule has 0 bridgehead atoms. The molecule has 17 heteroatoms. The Balaban J connectivity index is 1.36. The summed E-state index contributed by atoms with van der Waals surface area (Å²) < 4.78 is 67.8. The van der Waals surface area contributed by atoms with Crippen LogP contribution in [0.1, 0.15) is 41.6 Å². The highest BCUT2D eigenvalue weighted by atomic mass is 35.5. The van der Waals surface area contributed by atoms with E-state index in [1.165, 1.54) is 12.1 Å². The molecule has 2 aliphatic rings. The van der Waals surface area contributed by atoms with Gasteiger partial charge in [0.2, 0.25) is 18.2 Å². The number of hydrogen-bond acceptors (Lipinski definition) is 10. The molecule has 5 N–H and O–H groups in total. The third-order valence-corrected chi connectivity index (χ3v) is 7.58. The highest BCUT2D eigenvalue weighted by Crippen LogP contribution is 2.45. The van der Waals surface area contributed by atoms with Crippen LogP contribution >= 0.6 is 11.6 Å². The van der Waals surface area contributed by atoms with E-state index in [2.05, 4.69) is 37.8 Å². The summed E-state index contributed by atoms with van der Waals surface area (Å²) in [4.78, 5) is 32.6. The number of alkyl halides is 3. The Hall–Kier alpha value is -4.31. The van der Waals surface area contributed by atoms with Crippen molar-refractivity contribution in [3.8, 4) is 0 Å². The molecule has 0 radical (unpaired) electrons. The minimum Gasteiger partial charge on any atom is -0.455 e. The topological polar surface area (TPSA) is 162 Å².